The molecular formula is C22H25Cl3N2O2. The Kier molecular flexibility index (Phi) is 9.28. The Balaban J connectivity index is 2.32. The van der Waals surface area contributed by atoms with Crippen LogP contribution in [0.3, 0.4) is 0 Å². The van der Waals surface area contributed by atoms with Crippen molar-refractivity contribution in [1.82, 2.24) is 10.2 Å². The van der Waals surface area contributed by atoms with Gasteiger partial charge in [0.05, 0.1) is 6.42 Å². The van der Waals surface area contributed by atoms with Crippen LogP contribution in [0.1, 0.15) is 37.8 Å². The van der Waals surface area contributed by atoms with Crippen molar-refractivity contribution in [2.75, 3.05) is 6.54 Å². The lowest BCUT2D eigenvalue weighted by atomic mass is 10.1. The Morgan fingerprint density at radius 3 is 2.34 bits per heavy atom. The minimum Gasteiger partial charge on any atom is -0.354 e. The zero-order valence-corrected chi connectivity index (χ0v) is 18.8. The highest BCUT2D eigenvalue weighted by Crippen LogP contribution is 2.24. The van der Waals surface area contributed by atoms with E-state index in [1.54, 1.807) is 29.2 Å². The second-order valence-electron chi connectivity index (χ2n) is 6.74. The number of hydrogen-bond acceptors (Lipinski definition) is 2. The smallest absolute Gasteiger partial charge is 0.242 e. The molecule has 0 bridgehead atoms. The molecule has 0 aromatic heterocycles. The highest BCUT2D eigenvalue weighted by Gasteiger charge is 2.29. The quantitative estimate of drug-likeness (QED) is 0.541. The zero-order valence-electron chi connectivity index (χ0n) is 16.6. The average Bonchev–Trinajstić information content (AvgIpc) is 2.69. The van der Waals surface area contributed by atoms with E-state index < -0.39 is 6.04 Å². The van der Waals surface area contributed by atoms with Crippen molar-refractivity contribution in [1.29, 1.82) is 0 Å². The highest BCUT2D eigenvalue weighted by atomic mass is 35.5. The predicted octanol–water partition coefficient (Wildman–Crippen LogP) is 5.52. The van der Waals surface area contributed by atoms with E-state index in [1.807, 2.05) is 32.0 Å². The molecule has 2 rings (SSSR count). The molecule has 4 nitrogen and oxygen atoms in total. The van der Waals surface area contributed by atoms with E-state index in [1.165, 1.54) is 0 Å². The molecular weight excluding hydrogens is 431 g/mol. The van der Waals surface area contributed by atoms with Crippen LogP contribution in [0, 0.1) is 0 Å². The molecule has 0 unspecified atom stereocenters. The molecule has 1 N–H and O–H groups in total. The SMILES string of the molecule is CCCNC(=O)[C@@H](CC)N(Cc1ccccc1Cl)C(=O)Cc1ccc(Cl)cc1Cl. The number of carbonyl (C=O) groups excluding carboxylic acids is 2. The van der Waals surface area contributed by atoms with E-state index in [9.17, 15) is 9.59 Å². The molecule has 2 aromatic carbocycles. The van der Waals surface area contributed by atoms with Crippen molar-refractivity contribution in [3.05, 3.63) is 68.7 Å². The predicted molar refractivity (Wildman–Crippen MR) is 120 cm³/mol. The Morgan fingerprint density at radius 1 is 1.00 bits per heavy atom. The maximum absolute atomic E-state index is 13.3. The third kappa shape index (κ3) is 6.63. The van der Waals surface area contributed by atoms with Gasteiger partial charge in [-0.1, -0.05) is 72.9 Å². The maximum Gasteiger partial charge on any atom is 0.242 e. The molecule has 1 atom stereocenters. The summed E-state index contributed by atoms with van der Waals surface area (Å²) in [5.74, 6) is -0.371. The van der Waals surface area contributed by atoms with E-state index >= 15 is 0 Å². The van der Waals surface area contributed by atoms with Crippen molar-refractivity contribution in [3.63, 3.8) is 0 Å². The topological polar surface area (TPSA) is 49.4 Å². The molecule has 0 saturated heterocycles. The second kappa shape index (κ2) is 11.4. The van der Waals surface area contributed by atoms with Crippen molar-refractivity contribution in [2.24, 2.45) is 0 Å². The molecule has 29 heavy (non-hydrogen) atoms. The van der Waals surface area contributed by atoms with Crippen LogP contribution in [0.15, 0.2) is 42.5 Å². The molecule has 2 amide bonds. The first kappa shape index (κ1) is 23.5. The van der Waals surface area contributed by atoms with Crippen LogP contribution in [0.2, 0.25) is 15.1 Å². The van der Waals surface area contributed by atoms with Gasteiger partial charge in [0, 0.05) is 28.2 Å². The Bertz CT molecular complexity index is 858. The molecule has 0 aliphatic heterocycles. The number of benzene rings is 2. The first-order chi connectivity index (χ1) is 13.9. The van der Waals surface area contributed by atoms with E-state index in [-0.39, 0.29) is 24.8 Å². The van der Waals surface area contributed by atoms with Crippen molar-refractivity contribution in [2.45, 2.75) is 45.7 Å². The number of hydrogen-bond donors (Lipinski definition) is 1. The van der Waals surface area contributed by atoms with Gasteiger partial charge in [-0.15, -0.1) is 0 Å². The van der Waals surface area contributed by atoms with E-state index in [0.29, 0.717) is 33.6 Å². The second-order valence-corrected chi connectivity index (χ2v) is 7.99. The number of rotatable bonds is 9. The summed E-state index contributed by atoms with van der Waals surface area (Å²) in [6.45, 7) is 4.67. The molecule has 0 radical (unpaired) electrons. The van der Waals surface area contributed by atoms with Crippen LogP contribution in [0.5, 0.6) is 0 Å². The summed E-state index contributed by atoms with van der Waals surface area (Å²) in [4.78, 5) is 27.6. The van der Waals surface area contributed by atoms with Crippen LogP contribution in [0.4, 0.5) is 0 Å². The largest absolute Gasteiger partial charge is 0.354 e. The Hall–Kier alpha value is -1.75. The monoisotopic (exact) mass is 454 g/mol. The number of nitrogens with one attached hydrogen (secondary N) is 1. The standard InChI is InChI=1S/C22H25Cl3N2O2/c1-3-11-26-22(29)20(4-2)27(14-16-7-5-6-8-18(16)24)21(28)12-15-9-10-17(23)13-19(15)25/h5-10,13,20H,3-4,11-12,14H2,1-2H3,(H,26,29)/t20-/m1/s1. The molecule has 0 fully saturated rings. The number of amides is 2. The molecule has 0 spiro atoms. The first-order valence-corrected chi connectivity index (χ1v) is 10.7. The maximum atomic E-state index is 13.3. The van der Waals surface area contributed by atoms with E-state index in [2.05, 4.69) is 5.32 Å². The first-order valence-electron chi connectivity index (χ1n) is 9.61. The average molecular weight is 456 g/mol. The molecule has 7 heteroatoms. The third-order valence-corrected chi connectivity index (χ3v) is 5.55. The van der Waals surface area contributed by atoms with Crippen LogP contribution < -0.4 is 5.32 Å². The number of nitrogens with zero attached hydrogens (tertiary/aromatic N) is 1. The summed E-state index contributed by atoms with van der Waals surface area (Å²) < 4.78 is 0. The van der Waals surface area contributed by atoms with Gasteiger partial charge < -0.3 is 10.2 Å². The fraction of sp³-hybridized carbons (Fsp3) is 0.364. The Morgan fingerprint density at radius 2 is 1.72 bits per heavy atom. The van der Waals surface area contributed by atoms with Gasteiger partial charge in [-0.3, -0.25) is 9.59 Å². The van der Waals surface area contributed by atoms with Crippen molar-refractivity contribution >= 4 is 46.6 Å². The van der Waals surface area contributed by atoms with Crippen LogP contribution >= 0.6 is 34.8 Å². The van der Waals surface area contributed by atoms with Gasteiger partial charge in [0.15, 0.2) is 0 Å². The molecule has 0 saturated carbocycles. The summed E-state index contributed by atoms with van der Waals surface area (Å²) in [6.07, 6.45) is 1.37. The fourth-order valence-electron chi connectivity index (χ4n) is 3.03. The minimum absolute atomic E-state index is 0.0675. The highest BCUT2D eigenvalue weighted by molar-refractivity contribution is 6.35. The van der Waals surface area contributed by atoms with E-state index in [0.717, 1.165) is 12.0 Å². The van der Waals surface area contributed by atoms with E-state index in [4.69, 9.17) is 34.8 Å². The number of carbonyl (C=O) groups is 2. The molecule has 2 aromatic rings. The lowest BCUT2D eigenvalue weighted by Gasteiger charge is -2.31. The van der Waals surface area contributed by atoms with Gasteiger partial charge in [0.1, 0.15) is 6.04 Å². The molecule has 0 heterocycles. The normalized spacial score (nSPS) is 11.8. The minimum atomic E-state index is -0.601. The number of halogens is 3. The Labute approximate surface area is 187 Å². The zero-order chi connectivity index (χ0) is 21.4. The fourth-order valence-corrected chi connectivity index (χ4v) is 3.70. The van der Waals surface area contributed by atoms with Crippen molar-refractivity contribution < 1.29 is 9.59 Å². The van der Waals surface area contributed by atoms with Gasteiger partial charge in [-0.05, 0) is 42.2 Å². The summed E-state index contributed by atoms with van der Waals surface area (Å²) >= 11 is 18.5. The van der Waals surface area contributed by atoms with Gasteiger partial charge in [0.2, 0.25) is 11.8 Å². The van der Waals surface area contributed by atoms with Gasteiger partial charge in [0.25, 0.3) is 0 Å². The van der Waals surface area contributed by atoms with Crippen LogP contribution in [-0.4, -0.2) is 29.3 Å². The molecule has 0 aliphatic rings. The van der Waals surface area contributed by atoms with Gasteiger partial charge >= 0.3 is 0 Å². The third-order valence-electron chi connectivity index (χ3n) is 4.59. The van der Waals surface area contributed by atoms with Crippen molar-refractivity contribution in [3.8, 4) is 0 Å². The van der Waals surface area contributed by atoms with Crippen LogP contribution in [-0.2, 0) is 22.6 Å². The summed E-state index contributed by atoms with van der Waals surface area (Å²) in [5.41, 5.74) is 1.44. The lowest BCUT2D eigenvalue weighted by Crippen LogP contribution is -2.49. The summed E-state index contributed by atoms with van der Waals surface area (Å²) in [6, 6.07) is 11.7. The lowest BCUT2D eigenvalue weighted by molar-refractivity contribution is -0.140. The molecule has 0 aliphatic carbocycles. The summed E-state index contributed by atoms with van der Waals surface area (Å²) in [5, 5.41) is 4.37. The van der Waals surface area contributed by atoms with Gasteiger partial charge in [-0.25, -0.2) is 0 Å². The summed E-state index contributed by atoms with van der Waals surface area (Å²) in [7, 11) is 0. The van der Waals surface area contributed by atoms with Crippen LogP contribution in [0.25, 0.3) is 0 Å². The molecule has 156 valence electrons. The van der Waals surface area contributed by atoms with Gasteiger partial charge in [-0.2, -0.15) is 0 Å².